The van der Waals surface area contributed by atoms with Crippen LogP contribution in [0.5, 0.6) is 5.75 Å². The Balaban J connectivity index is 0.000000163. The quantitative estimate of drug-likeness (QED) is 0.0276. The molecule has 1 aliphatic rings. The van der Waals surface area contributed by atoms with E-state index in [0.29, 0.717) is 18.8 Å². The number of benzene rings is 10. The van der Waals surface area contributed by atoms with E-state index in [0.717, 1.165) is 95.5 Å². The molecule has 0 amide bonds. The Bertz CT molecular complexity index is 5660. The van der Waals surface area contributed by atoms with Gasteiger partial charge in [-0.2, -0.15) is 4.99 Å². The molecule has 10 aromatic carbocycles. The molecule has 15 aromatic rings. The predicted octanol–water partition coefficient (Wildman–Crippen LogP) is 27.8. The third-order valence-electron chi connectivity index (χ3n) is 16.7. The first-order valence-electron chi connectivity index (χ1n) is 36.9. The van der Waals surface area contributed by atoms with Gasteiger partial charge in [-0.1, -0.05) is 177 Å². The highest BCUT2D eigenvalue weighted by Gasteiger charge is 2.24. The minimum Gasteiger partial charge on any atom is -0.497 e. The highest BCUT2D eigenvalue weighted by Crippen LogP contribution is 2.51. The van der Waals surface area contributed by atoms with Gasteiger partial charge >= 0.3 is 21.3 Å². The molecular formula is C95H92N3O9P2S6+. The molecule has 16 rings (SSSR count). The molecule has 0 atom stereocenters. The van der Waals surface area contributed by atoms with Crippen LogP contribution in [0.3, 0.4) is 0 Å². The van der Waals surface area contributed by atoms with Gasteiger partial charge in [0, 0.05) is 48.7 Å². The van der Waals surface area contributed by atoms with E-state index in [1.807, 2.05) is 91.1 Å². The molecule has 5 aromatic heterocycles. The number of aryl methyl sites for hydroxylation is 3. The first kappa shape index (κ1) is 88.8. The lowest BCUT2D eigenvalue weighted by atomic mass is 10.1. The van der Waals surface area contributed by atoms with Crippen molar-refractivity contribution in [1.29, 1.82) is 0 Å². The molecular weight excluding hydrogens is 1580 g/mol. The van der Waals surface area contributed by atoms with Crippen molar-refractivity contribution in [1.82, 2.24) is 9.97 Å². The van der Waals surface area contributed by atoms with Crippen molar-refractivity contribution in [3.8, 4) is 5.75 Å². The van der Waals surface area contributed by atoms with Gasteiger partial charge in [0.2, 0.25) is 0 Å². The largest absolute Gasteiger partial charge is 0.497 e. The molecule has 0 bridgehead atoms. The van der Waals surface area contributed by atoms with E-state index in [4.69, 9.17) is 33.0 Å². The Hall–Kier alpha value is -10.1. The zero-order valence-electron chi connectivity index (χ0n) is 64.7. The third kappa shape index (κ3) is 28.4. The molecule has 0 N–H and O–H groups in total. The number of fused-ring (bicyclic) bond motifs is 6. The molecule has 0 saturated heterocycles. The van der Waals surface area contributed by atoms with Gasteiger partial charge in [0.15, 0.2) is 6.29 Å². The first-order valence-corrected chi connectivity index (χ1v) is 44.2. The van der Waals surface area contributed by atoms with Gasteiger partial charge in [-0.3, -0.25) is 18.7 Å². The van der Waals surface area contributed by atoms with Crippen molar-refractivity contribution in [2.24, 2.45) is 4.99 Å². The third-order valence-corrected chi connectivity index (χ3v) is 25.1. The lowest BCUT2D eigenvalue weighted by Crippen LogP contribution is -1.99. The van der Waals surface area contributed by atoms with Crippen LogP contribution in [-0.4, -0.2) is 56.1 Å². The Morgan fingerprint density at radius 2 is 0.861 bits per heavy atom. The van der Waals surface area contributed by atoms with Crippen LogP contribution < -0.4 is 10.1 Å². The van der Waals surface area contributed by atoms with Gasteiger partial charge in [0.05, 0.1) is 58.4 Å². The van der Waals surface area contributed by atoms with Gasteiger partial charge in [0.1, 0.15) is 27.4 Å². The molecule has 0 saturated carbocycles. The van der Waals surface area contributed by atoms with Gasteiger partial charge in [-0.25, -0.2) is 14.5 Å². The molecule has 0 radical (unpaired) electrons. The minimum atomic E-state index is -3.06. The molecule has 115 heavy (non-hydrogen) atoms. The van der Waals surface area contributed by atoms with E-state index in [1.54, 1.807) is 79.2 Å². The Kier molecular flexibility index (Phi) is 35.9. The molecule has 0 fully saturated rings. The number of carbonyl (C=O) groups excluding carboxylic acids is 2. The number of thiophene rings is 3. The number of hydrogen-bond acceptors (Lipinski definition) is 17. The van der Waals surface area contributed by atoms with Gasteiger partial charge in [-0.05, 0) is 237 Å². The number of thiazole rings is 2. The summed E-state index contributed by atoms with van der Waals surface area (Å²) in [6.07, 6.45) is 19.1. The maximum Gasteiger partial charge on any atom is 0.335 e. The smallest absolute Gasteiger partial charge is 0.335 e. The summed E-state index contributed by atoms with van der Waals surface area (Å²) >= 11 is 10.3. The second kappa shape index (κ2) is 46.4. The van der Waals surface area contributed by atoms with Crippen molar-refractivity contribution in [3.63, 3.8) is 0 Å². The maximum atomic E-state index is 12.3. The molecule has 6 heterocycles. The molecule has 12 nitrogen and oxygen atoms in total. The number of rotatable bonds is 22. The predicted molar refractivity (Wildman–Crippen MR) is 497 cm³/mol. The Labute approximate surface area is 699 Å². The molecule has 0 unspecified atom stereocenters. The molecule has 0 aliphatic carbocycles. The van der Waals surface area contributed by atoms with Gasteiger partial charge in [0.25, 0.3) is 15.9 Å². The highest BCUT2D eigenvalue weighted by molar-refractivity contribution is 7.74. The fraction of sp³-hybridized carbons (Fsp3) is 0.158. The van der Waals surface area contributed by atoms with E-state index in [1.165, 1.54) is 87.7 Å². The summed E-state index contributed by atoms with van der Waals surface area (Å²) in [4.78, 5) is 37.6. The standard InChI is InChI=1S/C26H20N2S2.C26H18S2.C12H18O5P2.C9H8NS.C9H6OS.C8H8O2.C4H10O.CH4/c1-17-3-11-23-21(15-17)27-25(29-23)13-9-19-5-7-20(8-6-19)10-14-26-28-22-16-18(2)4-12-24(22)30-26;1-3-7-25-21(5-1)17-23(27-25)15-13-19-9-11-20(12-10-19)14-16-24-18-22-6-2-4-8-26(22)28-24;1-3-16-19(14,17-4-2)10-12-7-5-11(6-8-12)9-15-18-13;1-6-3-4-9-8(5-6)10-7(2)11-9;10-6-8-5-7-3-1-2-4-9(7)11-8;1-10-8-4-2-7(6-9)3-5-8;1-3-5-4-2;/h3-16H,1-2H3;1-18H;5-8H,3-4,9-10H2,1-2H3;3-5H,2H2,1H3;1-6H;2-6H,1H3;3-4H2,1-2H3;1H4/q;;;+1;;;;/b13-9+,14-10+;15-13+,16-14+;;;;;;. The lowest BCUT2D eigenvalue weighted by Gasteiger charge is -2.17. The Morgan fingerprint density at radius 1 is 0.443 bits per heavy atom. The number of hydrogen-bond donors (Lipinski definition) is 0. The van der Waals surface area contributed by atoms with Crippen molar-refractivity contribution >= 4 is 196 Å². The lowest BCUT2D eigenvalue weighted by molar-refractivity contribution is 0.111. The van der Waals surface area contributed by atoms with Crippen LogP contribution in [0.25, 0.3) is 99.3 Å². The second-order valence-electron chi connectivity index (χ2n) is 25.4. The molecule has 586 valence electrons. The number of ether oxygens (including phenoxy) is 2. The van der Waals surface area contributed by atoms with E-state index < -0.39 is 7.60 Å². The van der Waals surface area contributed by atoms with E-state index in [9.17, 15) is 18.7 Å². The number of carbonyl (C=O) groups is 2. The van der Waals surface area contributed by atoms with Crippen LogP contribution in [-0.2, 0) is 51.6 Å². The fourth-order valence-electron chi connectivity index (χ4n) is 11.2. The zero-order chi connectivity index (χ0) is 80.4. The maximum absolute atomic E-state index is 12.3. The van der Waals surface area contributed by atoms with Crippen molar-refractivity contribution in [2.75, 3.05) is 33.5 Å². The van der Waals surface area contributed by atoms with Crippen LogP contribution in [0.15, 0.2) is 259 Å². The highest BCUT2D eigenvalue weighted by atomic mass is 32.1. The monoisotopic (exact) mass is 1670 g/mol. The number of nitrogens with zero attached hydrogens (tertiary/aromatic N) is 3. The van der Waals surface area contributed by atoms with Gasteiger partial charge in [-0.15, -0.1) is 56.7 Å². The average molecular weight is 1670 g/mol. The van der Waals surface area contributed by atoms with Crippen molar-refractivity contribution < 1.29 is 41.8 Å². The summed E-state index contributed by atoms with van der Waals surface area (Å²) in [7, 11) is -1.80. The van der Waals surface area contributed by atoms with Crippen LogP contribution >= 0.6 is 73.0 Å². The summed E-state index contributed by atoms with van der Waals surface area (Å²) in [5.74, 6) is 0.769. The normalized spacial score (nSPS) is 11.5. The summed E-state index contributed by atoms with van der Waals surface area (Å²) in [5.41, 5.74) is 13.1. The van der Waals surface area contributed by atoms with Crippen molar-refractivity contribution in [2.45, 2.75) is 68.7 Å². The van der Waals surface area contributed by atoms with Gasteiger partial charge < -0.3 is 18.5 Å². The Morgan fingerprint density at radius 3 is 1.28 bits per heavy atom. The number of methoxy groups -OCH3 is 1. The van der Waals surface area contributed by atoms with E-state index >= 15 is 0 Å². The minimum absolute atomic E-state index is 0. The molecule has 0 spiro atoms. The van der Waals surface area contributed by atoms with Crippen molar-refractivity contribution in [3.05, 3.63) is 344 Å². The van der Waals surface area contributed by atoms with Crippen LogP contribution in [0, 0.1) is 25.3 Å². The van der Waals surface area contributed by atoms with Crippen LogP contribution in [0.4, 0.5) is 0 Å². The zero-order valence-corrected chi connectivity index (χ0v) is 71.4. The summed E-state index contributed by atoms with van der Waals surface area (Å²) < 4.78 is 55.0. The topological polar surface area (TPSA) is 153 Å². The van der Waals surface area contributed by atoms with Crippen LogP contribution in [0.2, 0.25) is 0 Å². The molecule has 20 heteroatoms. The SMILES string of the molecule is C.C(=C\c1cc2ccccc2s1)/c1ccc(/C=C/c2cc3ccccc3s2)cc1.C=C1N=c2cc(C)ccc2=[S+]1.CCOCC.CCOP(=O)(Cc1ccc(COP=O)cc1)OCC.COc1ccc(C=O)cc1.Cc1ccc2sc(/C=C/c3ccc(/C=C/c4nc5cc(C)ccc5s4)cc3)nc2c1.O=Cc1cc2ccccc2s1. The van der Waals surface area contributed by atoms with Crippen LogP contribution in [0.1, 0.15) is 125 Å². The summed E-state index contributed by atoms with van der Waals surface area (Å²) in [5, 5.41) is 7.81. The summed E-state index contributed by atoms with van der Waals surface area (Å²) in [6.45, 7) is 20.3. The average Bonchev–Trinajstić information content (AvgIpc) is 1.74. The van der Waals surface area contributed by atoms with E-state index in [2.05, 4.69) is 245 Å². The first-order chi connectivity index (χ1) is 55.5. The second-order valence-corrected chi connectivity index (χ2v) is 34.5. The molecule has 1 aliphatic heterocycles. The van der Waals surface area contributed by atoms with E-state index in [-0.39, 0.29) is 28.9 Å². The summed E-state index contributed by atoms with van der Waals surface area (Å²) in [6, 6.07) is 82.1. The number of aldehydes is 2. The number of aromatic nitrogens is 2. The fourth-order valence-corrected chi connectivity index (χ4v) is 18.3.